The van der Waals surface area contributed by atoms with Crippen molar-refractivity contribution in [3.63, 3.8) is 0 Å². The Morgan fingerprint density at radius 1 is 1.26 bits per heavy atom. The maximum atomic E-state index is 8.80. The molecule has 96 valence electrons. The molecule has 0 aliphatic carbocycles. The minimum atomic E-state index is 0.0895. The molecule has 0 aliphatic rings. The van der Waals surface area contributed by atoms with Crippen molar-refractivity contribution in [3.05, 3.63) is 33.5 Å². The van der Waals surface area contributed by atoms with Crippen LogP contribution in [0.4, 0.5) is 17.6 Å². The fourth-order valence-corrected chi connectivity index (χ4v) is 1.96. The number of nitriles is 1. The van der Waals surface area contributed by atoms with Crippen LogP contribution in [-0.2, 0) is 0 Å². The molecular formula is C11H8BrClN6. The van der Waals surface area contributed by atoms with Crippen LogP contribution in [0, 0.1) is 11.3 Å². The first-order valence-corrected chi connectivity index (χ1v) is 6.35. The van der Waals surface area contributed by atoms with Gasteiger partial charge in [-0.15, -0.1) is 0 Å². The topological polar surface area (TPSA) is 86.5 Å². The van der Waals surface area contributed by atoms with Crippen molar-refractivity contribution in [2.75, 3.05) is 17.7 Å². The molecule has 0 amide bonds. The monoisotopic (exact) mass is 338 g/mol. The molecule has 1 aromatic heterocycles. The lowest BCUT2D eigenvalue weighted by Crippen LogP contribution is -2.04. The summed E-state index contributed by atoms with van der Waals surface area (Å²) < 4.78 is 0.731. The maximum Gasteiger partial charge on any atom is 0.233 e. The van der Waals surface area contributed by atoms with Gasteiger partial charge in [-0.2, -0.15) is 20.2 Å². The second-order valence-electron chi connectivity index (χ2n) is 3.43. The van der Waals surface area contributed by atoms with Gasteiger partial charge in [-0.1, -0.05) is 0 Å². The third kappa shape index (κ3) is 3.30. The highest BCUT2D eigenvalue weighted by Crippen LogP contribution is 2.26. The second-order valence-corrected chi connectivity index (χ2v) is 4.63. The van der Waals surface area contributed by atoms with Crippen LogP contribution in [0.2, 0.25) is 5.28 Å². The lowest BCUT2D eigenvalue weighted by molar-refractivity contribution is 1.05. The minimum absolute atomic E-state index is 0.0895. The van der Waals surface area contributed by atoms with Crippen LogP contribution in [0.3, 0.4) is 0 Å². The predicted octanol–water partition coefficient (Wildman–Crippen LogP) is 2.94. The molecule has 0 fully saturated rings. The molecule has 0 radical (unpaired) electrons. The van der Waals surface area contributed by atoms with Gasteiger partial charge >= 0.3 is 0 Å². The van der Waals surface area contributed by atoms with Gasteiger partial charge in [-0.25, -0.2) is 0 Å². The van der Waals surface area contributed by atoms with Crippen LogP contribution in [0.25, 0.3) is 0 Å². The number of nitrogens with zero attached hydrogens (tertiary/aromatic N) is 4. The van der Waals surface area contributed by atoms with E-state index in [-0.39, 0.29) is 5.28 Å². The molecule has 1 aromatic carbocycles. The van der Waals surface area contributed by atoms with Crippen molar-refractivity contribution in [1.82, 2.24) is 15.0 Å². The number of benzene rings is 1. The standard InChI is InChI=1S/C11H8BrClN6/c1-15-10-17-9(13)18-11(19-10)16-8-3-2-6(5-14)4-7(8)12/h2-4H,1H3,(H2,15,16,17,18,19). The Morgan fingerprint density at radius 3 is 2.63 bits per heavy atom. The minimum Gasteiger partial charge on any atom is -0.357 e. The quantitative estimate of drug-likeness (QED) is 0.894. The summed E-state index contributed by atoms with van der Waals surface area (Å²) in [5, 5.41) is 14.7. The maximum absolute atomic E-state index is 8.80. The second kappa shape index (κ2) is 5.82. The molecule has 2 aromatic rings. The Hall–Kier alpha value is -1.91. The van der Waals surface area contributed by atoms with Gasteiger partial charge in [-0.05, 0) is 45.7 Å². The van der Waals surface area contributed by atoms with E-state index in [0.717, 1.165) is 10.2 Å². The average Bonchev–Trinajstić information content (AvgIpc) is 2.40. The van der Waals surface area contributed by atoms with Crippen LogP contribution in [-0.4, -0.2) is 22.0 Å². The molecule has 0 bridgehead atoms. The largest absolute Gasteiger partial charge is 0.357 e. The molecule has 0 saturated heterocycles. The normalized spacial score (nSPS) is 9.79. The van der Waals surface area contributed by atoms with Crippen LogP contribution < -0.4 is 10.6 Å². The van der Waals surface area contributed by atoms with Crippen molar-refractivity contribution in [2.45, 2.75) is 0 Å². The van der Waals surface area contributed by atoms with E-state index in [1.807, 2.05) is 0 Å². The Kier molecular flexibility index (Phi) is 4.14. The molecule has 0 spiro atoms. The third-order valence-corrected chi connectivity index (χ3v) is 3.00. The number of rotatable bonds is 3. The molecule has 2 rings (SSSR count). The highest BCUT2D eigenvalue weighted by atomic mass is 79.9. The number of hydrogen-bond donors (Lipinski definition) is 2. The number of nitrogens with one attached hydrogen (secondary N) is 2. The van der Waals surface area contributed by atoms with Crippen molar-refractivity contribution in [1.29, 1.82) is 5.26 Å². The summed E-state index contributed by atoms with van der Waals surface area (Å²) in [6.07, 6.45) is 0. The zero-order valence-electron chi connectivity index (χ0n) is 9.78. The summed E-state index contributed by atoms with van der Waals surface area (Å²) >= 11 is 9.15. The van der Waals surface area contributed by atoms with E-state index in [1.54, 1.807) is 25.2 Å². The van der Waals surface area contributed by atoms with E-state index in [1.165, 1.54) is 0 Å². The van der Waals surface area contributed by atoms with E-state index in [4.69, 9.17) is 16.9 Å². The molecule has 0 unspecified atom stereocenters. The lowest BCUT2D eigenvalue weighted by atomic mass is 10.2. The Morgan fingerprint density at radius 2 is 2.00 bits per heavy atom. The number of halogens is 2. The Labute approximate surface area is 123 Å². The molecule has 19 heavy (non-hydrogen) atoms. The Bertz CT molecular complexity index is 654. The number of hydrogen-bond acceptors (Lipinski definition) is 6. The molecular weight excluding hydrogens is 332 g/mol. The fraction of sp³-hybridized carbons (Fsp3) is 0.0909. The van der Waals surface area contributed by atoms with Crippen LogP contribution in [0.15, 0.2) is 22.7 Å². The summed E-state index contributed by atoms with van der Waals surface area (Å²) in [6.45, 7) is 0. The van der Waals surface area contributed by atoms with Crippen LogP contribution in [0.1, 0.15) is 5.56 Å². The molecule has 0 saturated carbocycles. The third-order valence-electron chi connectivity index (χ3n) is 2.18. The first kappa shape index (κ1) is 13.5. The van der Waals surface area contributed by atoms with Crippen molar-refractivity contribution < 1.29 is 0 Å². The van der Waals surface area contributed by atoms with Crippen LogP contribution in [0.5, 0.6) is 0 Å². The summed E-state index contributed by atoms with van der Waals surface area (Å²) in [5.41, 5.74) is 1.28. The zero-order valence-corrected chi connectivity index (χ0v) is 12.1. The molecule has 0 atom stereocenters. The van der Waals surface area contributed by atoms with Gasteiger partial charge in [0.2, 0.25) is 17.2 Å². The average molecular weight is 340 g/mol. The highest BCUT2D eigenvalue weighted by Gasteiger charge is 2.07. The van der Waals surface area contributed by atoms with Gasteiger partial charge in [0, 0.05) is 11.5 Å². The van der Waals surface area contributed by atoms with Gasteiger partial charge in [0.1, 0.15) is 0 Å². The molecule has 1 heterocycles. The van der Waals surface area contributed by atoms with Crippen molar-refractivity contribution in [3.8, 4) is 6.07 Å². The Balaban J connectivity index is 2.31. The summed E-state index contributed by atoms with van der Waals surface area (Å²) in [5.74, 6) is 0.682. The van der Waals surface area contributed by atoms with Gasteiger partial charge in [-0.3, -0.25) is 0 Å². The van der Waals surface area contributed by atoms with E-state index >= 15 is 0 Å². The molecule has 8 heteroatoms. The van der Waals surface area contributed by atoms with E-state index in [0.29, 0.717) is 17.5 Å². The van der Waals surface area contributed by atoms with Gasteiger partial charge in [0.05, 0.1) is 17.3 Å². The van der Waals surface area contributed by atoms with Crippen molar-refractivity contribution in [2.24, 2.45) is 0 Å². The van der Waals surface area contributed by atoms with E-state index in [2.05, 4.69) is 47.6 Å². The SMILES string of the molecule is CNc1nc(Cl)nc(Nc2ccc(C#N)cc2Br)n1. The highest BCUT2D eigenvalue weighted by molar-refractivity contribution is 9.10. The summed E-state index contributed by atoms with van der Waals surface area (Å²) in [7, 11) is 1.69. The summed E-state index contributed by atoms with van der Waals surface area (Å²) in [4.78, 5) is 12.0. The number of anilines is 3. The van der Waals surface area contributed by atoms with Crippen LogP contribution >= 0.6 is 27.5 Å². The number of aromatic nitrogens is 3. The van der Waals surface area contributed by atoms with Gasteiger partial charge < -0.3 is 10.6 Å². The smallest absolute Gasteiger partial charge is 0.233 e. The molecule has 2 N–H and O–H groups in total. The van der Waals surface area contributed by atoms with E-state index < -0.39 is 0 Å². The van der Waals surface area contributed by atoms with Gasteiger partial charge in [0.25, 0.3) is 0 Å². The zero-order chi connectivity index (χ0) is 13.8. The fourth-order valence-electron chi connectivity index (χ4n) is 1.32. The molecule has 0 aliphatic heterocycles. The summed E-state index contributed by atoms with van der Waals surface area (Å²) in [6, 6.07) is 7.19. The van der Waals surface area contributed by atoms with Crippen molar-refractivity contribution >= 4 is 45.1 Å². The first-order valence-electron chi connectivity index (χ1n) is 5.18. The molecule has 6 nitrogen and oxygen atoms in total. The van der Waals surface area contributed by atoms with E-state index in [9.17, 15) is 0 Å². The van der Waals surface area contributed by atoms with Gasteiger partial charge in [0.15, 0.2) is 0 Å². The first-order chi connectivity index (χ1) is 9.12. The predicted molar refractivity (Wildman–Crippen MR) is 76.5 cm³/mol. The lowest BCUT2D eigenvalue weighted by Gasteiger charge is -2.08.